The minimum atomic E-state index is -0.759. The predicted molar refractivity (Wildman–Crippen MR) is 127 cm³/mol. The second kappa shape index (κ2) is 9.87. The van der Waals surface area contributed by atoms with Crippen molar-refractivity contribution in [2.75, 3.05) is 6.61 Å². The molecule has 0 saturated carbocycles. The number of hydrogen-bond acceptors (Lipinski definition) is 7. The van der Waals surface area contributed by atoms with Gasteiger partial charge in [-0.2, -0.15) is 9.61 Å². The molecule has 182 valence electrons. The summed E-state index contributed by atoms with van der Waals surface area (Å²) in [5, 5.41) is 4.35. The summed E-state index contributed by atoms with van der Waals surface area (Å²) in [6.45, 7) is 1.96. The summed E-state index contributed by atoms with van der Waals surface area (Å²) in [6.07, 6.45) is 3.62. The third-order valence-corrected chi connectivity index (χ3v) is 5.50. The van der Waals surface area contributed by atoms with E-state index in [1.165, 1.54) is 43.1 Å². The second-order valence-corrected chi connectivity index (χ2v) is 7.86. The fraction of sp³-hybridized carbons (Fsp3) is 0.154. The van der Waals surface area contributed by atoms with Crippen LogP contribution in [-0.2, 0) is 11.3 Å². The number of rotatable bonds is 8. The molecule has 1 unspecified atom stereocenters. The summed E-state index contributed by atoms with van der Waals surface area (Å²) in [5.41, 5.74) is 0.816. The molecule has 0 saturated heterocycles. The zero-order valence-electron chi connectivity index (χ0n) is 19.2. The van der Waals surface area contributed by atoms with Crippen LogP contribution < -0.4 is 10.3 Å². The first-order valence-corrected chi connectivity index (χ1v) is 11.2. The zero-order chi connectivity index (χ0) is 25.1. The van der Waals surface area contributed by atoms with Gasteiger partial charge in [-0.3, -0.25) is 4.79 Å². The lowest BCUT2D eigenvalue weighted by Gasteiger charge is -2.22. The molecule has 0 bridgehead atoms. The van der Waals surface area contributed by atoms with Crippen LogP contribution in [0.25, 0.3) is 17.1 Å². The van der Waals surface area contributed by atoms with Crippen LogP contribution in [0.4, 0.5) is 4.39 Å². The first-order chi connectivity index (χ1) is 17.5. The zero-order valence-corrected chi connectivity index (χ0v) is 19.2. The molecule has 36 heavy (non-hydrogen) atoms. The van der Waals surface area contributed by atoms with Gasteiger partial charge >= 0.3 is 5.97 Å². The topological polar surface area (TPSA) is 101 Å². The Morgan fingerprint density at radius 1 is 1.14 bits per heavy atom. The number of hydrogen-bond donors (Lipinski definition) is 0. The highest BCUT2D eigenvalue weighted by atomic mass is 19.1. The molecule has 0 amide bonds. The second-order valence-electron chi connectivity index (χ2n) is 7.86. The van der Waals surface area contributed by atoms with Gasteiger partial charge < -0.3 is 18.5 Å². The van der Waals surface area contributed by atoms with E-state index in [4.69, 9.17) is 13.9 Å². The lowest BCUT2D eigenvalue weighted by molar-refractivity contribution is 0.0522. The largest absolute Gasteiger partial charge is 0.484 e. The lowest BCUT2D eigenvalue weighted by Crippen LogP contribution is -2.28. The van der Waals surface area contributed by atoms with E-state index in [2.05, 4.69) is 10.1 Å². The number of benzene rings is 2. The van der Waals surface area contributed by atoms with Gasteiger partial charge in [0, 0.05) is 12.3 Å². The standard InChI is InChI=1S/C26H21FN4O5/c1-2-34-26(33)20-14-30(24-12-21(22-13-28-16-35-22)29-31(24)25(20)32)15-23(17-6-4-3-5-7-17)36-19-10-8-18(27)9-11-19/h3-14,16,23H,2,15H2,1H3. The van der Waals surface area contributed by atoms with Gasteiger partial charge in [-0.1, -0.05) is 30.3 Å². The Bertz CT molecular complexity index is 1540. The maximum Gasteiger partial charge on any atom is 0.345 e. The molecule has 0 radical (unpaired) electrons. The van der Waals surface area contributed by atoms with Gasteiger partial charge in [-0.15, -0.1) is 0 Å². The van der Waals surface area contributed by atoms with Crippen LogP contribution in [-0.4, -0.2) is 31.7 Å². The number of aromatic nitrogens is 4. The van der Waals surface area contributed by atoms with Crippen molar-refractivity contribution in [2.24, 2.45) is 0 Å². The van der Waals surface area contributed by atoms with E-state index in [0.29, 0.717) is 22.9 Å². The third-order valence-electron chi connectivity index (χ3n) is 5.50. The maximum atomic E-state index is 13.5. The van der Waals surface area contributed by atoms with Crippen molar-refractivity contribution in [3.05, 3.63) is 107 Å². The van der Waals surface area contributed by atoms with Gasteiger partial charge in [0.05, 0.1) is 19.3 Å². The van der Waals surface area contributed by atoms with Crippen molar-refractivity contribution in [1.82, 2.24) is 19.2 Å². The number of carbonyl (C=O) groups excluding carboxylic acids is 1. The molecule has 5 aromatic rings. The average molecular weight is 488 g/mol. The van der Waals surface area contributed by atoms with E-state index >= 15 is 0 Å². The maximum absolute atomic E-state index is 13.5. The van der Waals surface area contributed by atoms with E-state index < -0.39 is 17.6 Å². The van der Waals surface area contributed by atoms with Crippen LogP contribution in [0.3, 0.4) is 0 Å². The molecule has 3 aromatic heterocycles. The molecule has 0 aliphatic rings. The number of fused-ring (bicyclic) bond motifs is 1. The quantitative estimate of drug-likeness (QED) is 0.300. The Kier molecular flexibility index (Phi) is 6.31. The molecule has 2 aromatic carbocycles. The number of halogens is 1. The summed E-state index contributed by atoms with van der Waals surface area (Å²) >= 11 is 0. The summed E-state index contributed by atoms with van der Waals surface area (Å²) in [4.78, 5) is 29.6. The van der Waals surface area contributed by atoms with Crippen molar-refractivity contribution in [1.29, 1.82) is 0 Å². The number of oxazole rings is 1. The first-order valence-electron chi connectivity index (χ1n) is 11.2. The molecule has 0 spiro atoms. The van der Waals surface area contributed by atoms with Crippen LogP contribution in [0.1, 0.15) is 28.9 Å². The summed E-state index contributed by atoms with van der Waals surface area (Å²) in [7, 11) is 0. The molecular weight excluding hydrogens is 467 g/mol. The number of ether oxygens (including phenoxy) is 2. The van der Waals surface area contributed by atoms with Gasteiger partial charge in [0.1, 0.15) is 34.6 Å². The number of nitrogens with zero attached hydrogens (tertiary/aromatic N) is 4. The van der Waals surface area contributed by atoms with E-state index in [1.807, 2.05) is 30.3 Å². The molecular formula is C26H21FN4O5. The molecule has 9 nitrogen and oxygen atoms in total. The van der Waals surface area contributed by atoms with E-state index in [1.54, 1.807) is 17.6 Å². The van der Waals surface area contributed by atoms with Crippen molar-refractivity contribution in [3.63, 3.8) is 0 Å². The smallest absolute Gasteiger partial charge is 0.345 e. The Morgan fingerprint density at radius 3 is 2.61 bits per heavy atom. The van der Waals surface area contributed by atoms with Gasteiger partial charge in [-0.05, 0) is 36.8 Å². The SMILES string of the molecule is CCOC(=O)c1cn(CC(Oc2ccc(F)cc2)c2ccccc2)c2cc(-c3cnco3)nn2c1=O. The molecule has 0 aliphatic heterocycles. The summed E-state index contributed by atoms with van der Waals surface area (Å²) in [5.74, 6) is -0.308. The highest BCUT2D eigenvalue weighted by molar-refractivity contribution is 5.89. The van der Waals surface area contributed by atoms with Gasteiger partial charge in [0.15, 0.2) is 12.2 Å². The third kappa shape index (κ3) is 4.61. The Balaban J connectivity index is 1.63. The summed E-state index contributed by atoms with van der Waals surface area (Å²) < 4.78 is 32.9. The average Bonchev–Trinajstić information content (AvgIpc) is 3.58. The molecule has 3 heterocycles. The Hall–Kier alpha value is -4.73. The van der Waals surface area contributed by atoms with Gasteiger partial charge in [0.25, 0.3) is 5.56 Å². The molecule has 0 N–H and O–H groups in total. The number of esters is 1. The lowest BCUT2D eigenvalue weighted by atomic mass is 10.1. The van der Waals surface area contributed by atoms with Crippen molar-refractivity contribution in [2.45, 2.75) is 19.6 Å². The van der Waals surface area contributed by atoms with Gasteiger partial charge in [0.2, 0.25) is 0 Å². The van der Waals surface area contributed by atoms with Crippen LogP contribution in [0.2, 0.25) is 0 Å². The normalized spacial score (nSPS) is 11.9. The molecule has 0 fully saturated rings. The predicted octanol–water partition coefficient (Wildman–Crippen LogP) is 4.29. The minimum absolute atomic E-state index is 0.110. The highest BCUT2D eigenvalue weighted by Gasteiger charge is 2.22. The molecule has 0 aliphatic carbocycles. The van der Waals surface area contributed by atoms with Crippen molar-refractivity contribution < 1.29 is 23.1 Å². The first kappa shape index (κ1) is 23.0. The van der Waals surface area contributed by atoms with Crippen LogP contribution >= 0.6 is 0 Å². The van der Waals surface area contributed by atoms with E-state index in [0.717, 1.165) is 10.1 Å². The van der Waals surface area contributed by atoms with E-state index in [9.17, 15) is 14.0 Å². The summed E-state index contributed by atoms with van der Waals surface area (Å²) in [6, 6.07) is 16.8. The fourth-order valence-corrected chi connectivity index (χ4v) is 3.81. The van der Waals surface area contributed by atoms with Crippen LogP contribution in [0, 0.1) is 5.82 Å². The fourth-order valence-electron chi connectivity index (χ4n) is 3.81. The monoisotopic (exact) mass is 488 g/mol. The van der Waals surface area contributed by atoms with Crippen molar-refractivity contribution >= 4 is 11.6 Å². The molecule has 1 atom stereocenters. The molecule has 5 rings (SSSR count). The number of carbonyl (C=O) groups is 1. The van der Waals surface area contributed by atoms with E-state index in [-0.39, 0.29) is 24.5 Å². The minimum Gasteiger partial charge on any atom is -0.484 e. The molecule has 10 heteroatoms. The van der Waals surface area contributed by atoms with Gasteiger partial charge in [-0.25, -0.2) is 14.2 Å². The van der Waals surface area contributed by atoms with Crippen molar-refractivity contribution in [3.8, 4) is 17.2 Å². The van der Waals surface area contributed by atoms with Crippen LogP contribution in [0.5, 0.6) is 5.75 Å². The Labute approximate surface area is 204 Å². The Morgan fingerprint density at radius 2 is 1.92 bits per heavy atom. The van der Waals surface area contributed by atoms with Crippen LogP contribution in [0.15, 0.2) is 88.7 Å². The highest BCUT2D eigenvalue weighted by Crippen LogP contribution is 2.26.